The number of aromatic nitrogens is 1. The van der Waals surface area contributed by atoms with Gasteiger partial charge in [-0.2, -0.15) is 0 Å². The third-order valence-corrected chi connectivity index (χ3v) is 9.89. The zero-order valence-corrected chi connectivity index (χ0v) is 27.2. The number of fused-ring (bicyclic) bond motifs is 2. The number of H-pyrrole nitrogens is 1. The molecule has 0 aliphatic carbocycles. The number of ether oxygens (including phenoxy) is 2. The summed E-state index contributed by atoms with van der Waals surface area (Å²) in [4.78, 5) is 36.3. The first-order valence-corrected chi connectivity index (χ1v) is 16.0. The zero-order chi connectivity index (χ0) is 30.3. The maximum absolute atomic E-state index is 14.2. The largest absolute Gasteiger partial charge is 0.448 e. The van der Waals surface area contributed by atoms with Gasteiger partial charge in [0.05, 0.1) is 12.1 Å². The van der Waals surface area contributed by atoms with Crippen molar-refractivity contribution in [3.05, 3.63) is 66.9 Å². The Bertz CT molecular complexity index is 1560. The van der Waals surface area contributed by atoms with Crippen molar-refractivity contribution in [2.24, 2.45) is 0 Å². The number of rotatable bonds is 10. The minimum atomic E-state index is -0.795. The summed E-state index contributed by atoms with van der Waals surface area (Å²) in [6.45, 7) is 13.0. The van der Waals surface area contributed by atoms with Crippen molar-refractivity contribution in [3.8, 4) is 21.9 Å². The van der Waals surface area contributed by atoms with Crippen LogP contribution in [0.4, 0.5) is 0 Å². The number of amides is 1. The molecule has 7 nitrogen and oxygen atoms in total. The molecule has 5 rings (SSSR count). The summed E-state index contributed by atoms with van der Waals surface area (Å²) < 4.78 is 13.4. The van der Waals surface area contributed by atoms with Gasteiger partial charge in [-0.25, -0.2) is 0 Å². The van der Waals surface area contributed by atoms with Gasteiger partial charge in [-0.05, 0) is 96.8 Å². The predicted molar refractivity (Wildman–Crippen MR) is 170 cm³/mol. The van der Waals surface area contributed by atoms with Crippen LogP contribution in [0.1, 0.15) is 89.1 Å². The maximum Gasteiger partial charge on any atom is 0.254 e. The van der Waals surface area contributed by atoms with E-state index in [9.17, 15) is 9.59 Å². The lowest BCUT2D eigenvalue weighted by Crippen LogP contribution is -2.39. The summed E-state index contributed by atoms with van der Waals surface area (Å²) >= 11 is 1.71. The number of carbonyl (C=O) groups is 1. The molecule has 0 saturated carbocycles. The summed E-state index contributed by atoms with van der Waals surface area (Å²) in [6, 6.07) is 6.74. The van der Waals surface area contributed by atoms with Crippen molar-refractivity contribution in [2.45, 2.75) is 98.4 Å². The van der Waals surface area contributed by atoms with Crippen molar-refractivity contribution in [1.29, 1.82) is 0 Å². The number of aromatic amines is 1. The molecule has 0 spiro atoms. The maximum atomic E-state index is 14.2. The summed E-state index contributed by atoms with van der Waals surface area (Å²) in [6.07, 6.45) is 5.85. The van der Waals surface area contributed by atoms with E-state index in [1.165, 1.54) is 11.3 Å². The Morgan fingerprint density at radius 1 is 1.07 bits per heavy atom. The predicted octanol–water partition coefficient (Wildman–Crippen LogP) is 6.92. The van der Waals surface area contributed by atoms with E-state index in [1.54, 1.807) is 11.3 Å². The van der Waals surface area contributed by atoms with Crippen molar-refractivity contribution >= 4 is 17.2 Å². The van der Waals surface area contributed by atoms with E-state index in [0.29, 0.717) is 35.9 Å². The molecule has 0 unspecified atom stereocenters. The molecule has 8 heteroatoms. The number of thiophene rings is 1. The lowest BCUT2D eigenvalue weighted by atomic mass is 9.88. The highest BCUT2D eigenvalue weighted by Gasteiger charge is 2.43. The highest BCUT2D eigenvalue weighted by molar-refractivity contribution is 7.15. The number of benzene rings is 1. The standard InChI is InChI=1S/C34H45N3O4S/c1-9-11-24(36(7)8)12-10-16-34(6)40-30-23(5)28-25(29(31(30)41-34)27-14-13-22(4)42-27)15-17-37(33(28)39)19-26-20(2)18-21(3)35-32(26)38/h13-14,18,24H,9-12,15-17,19H2,1-8H3,(H,35,38)/t24-,34-/m1/s1. The van der Waals surface area contributed by atoms with E-state index in [0.717, 1.165) is 64.3 Å². The summed E-state index contributed by atoms with van der Waals surface area (Å²) in [5.74, 6) is 0.585. The van der Waals surface area contributed by atoms with E-state index in [4.69, 9.17) is 9.47 Å². The Kier molecular flexibility index (Phi) is 8.59. The third-order valence-electron chi connectivity index (χ3n) is 8.87. The smallest absolute Gasteiger partial charge is 0.254 e. The first-order valence-electron chi connectivity index (χ1n) is 15.2. The average molecular weight is 592 g/mol. The molecule has 2 aliphatic heterocycles. The molecule has 2 aromatic heterocycles. The molecule has 1 N–H and O–H groups in total. The molecule has 1 amide bonds. The lowest BCUT2D eigenvalue weighted by Gasteiger charge is -2.31. The van der Waals surface area contributed by atoms with Gasteiger partial charge in [0, 0.05) is 58.1 Å². The van der Waals surface area contributed by atoms with Gasteiger partial charge in [0.25, 0.3) is 11.5 Å². The molecule has 0 fully saturated rings. The van der Waals surface area contributed by atoms with Crippen LogP contribution in [0, 0.1) is 27.7 Å². The fourth-order valence-electron chi connectivity index (χ4n) is 6.61. The fourth-order valence-corrected chi connectivity index (χ4v) is 7.55. The third kappa shape index (κ3) is 5.76. The van der Waals surface area contributed by atoms with Gasteiger partial charge in [-0.3, -0.25) is 9.59 Å². The highest BCUT2D eigenvalue weighted by Crippen LogP contribution is 2.54. The Balaban J connectivity index is 1.50. The summed E-state index contributed by atoms with van der Waals surface area (Å²) in [7, 11) is 4.31. The Labute approximate surface area is 253 Å². The van der Waals surface area contributed by atoms with Crippen LogP contribution in [0.3, 0.4) is 0 Å². The second-order valence-electron chi connectivity index (χ2n) is 12.5. The Hall–Kier alpha value is -3.10. The van der Waals surface area contributed by atoms with Gasteiger partial charge >= 0.3 is 0 Å². The number of hydrogen-bond acceptors (Lipinski definition) is 6. The topological polar surface area (TPSA) is 74.9 Å². The minimum absolute atomic E-state index is 0.0592. The number of pyridine rings is 1. The van der Waals surface area contributed by atoms with Crippen molar-refractivity contribution in [3.63, 3.8) is 0 Å². The van der Waals surface area contributed by atoms with Crippen molar-refractivity contribution in [1.82, 2.24) is 14.8 Å². The molecule has 0 bridgehead atoms. The number of hydrogen-bond donors (Lipinski definition) is 1. The molecule has 3 aromatic rings. The van der Waals surface area contributed by atoms with Crippen LogP contribution in [0.15, 0.2) is 23.0 Å². The van der Waals surface area contributed by atoms with Gasteiger partial charge in [-0.1, -0.05) is 13.3 Å². The second kappa shape index (κ2) is 11.9. The second-order valence-corrected chi connectivity index (χ2v) is 13.8. The number of aryl methyl sites for hydroxylation is 3. The SMILES string of the molecule is CCC[C@H](CCC[C@]1(C)Oc2c(C)c3c(c(-c4ccc(C)s4)c2O1)CCN(Cc1c(C)cc(C)[nH]c1=O)C3=O)N(C)C. The van der Waals surface area contributed by atoms with Crippen LogP contribution in [0.2, 0.25) is 0 Å². The zero-order valence-electron chi connectivity index (χ0n) is 26.4. The van der Waals surface area contributed by atoms with Gasteiger partial charge in [-0.15, -0.1) is 11.3 Å². The van der Waals surface area contributed by atoms with Crippen LogP contribution in [-0.4, -0.2) is 53.2 Å². The Morgan fingerprint density at radius 2 is 1.81 bits per heavy atom. The van der Waals surface area contributed by atoms with Crippen LogP contribution in [-0.2, 0) is 13.0 Å². The van der Waals surface area contributed by atoms with Crippen LogP contribution in [0.25, 0.3) is 10.4 Å². The van der Waals surface area contributed by atoms with E-state index < -0.39 is 5.79 Å². The lowest BCUT2D eigenvalue weighted by molar-refractivity contribution is -0.0704. The van der Waals surface area contributed by atoms with Gasteiger partial charge < -0.3 is 24.3 Å². The fraction of sp³-hybridized carbons (Fsp3) is 0.529. The van der Waals surface area contributed by atoms with Gasteiger partial charge in [0.1, 0.15) is 0 Å². The molecule has 1 aromatic carbocycles. The summed E-state index contributed by atoms with van der Waals surface area (Å²) in [5.41, 5.74) is 5.74. The van der Waals surface area contributed by atoms with Gasteiger partial charge in [0.15, 0.2) is 11.5 Å². The van der Waals surface area contributed by atoms with Crippen molar-refractivity contribution in [2.75, 3.05) is 20.6 Å². The number of nitrogens with one attached hydrogen (secondary N) is 1. The number of nitrogens with zero attached hydrogens (tertiary/aromatic N) is 2. The molecule has 0 radical (unpaired) electrons. The molecular formula is C34H45N3O4S. The first-order chi connectivity index (χ1) is 19.9. The molecule has 42 heavy (non-hydrogen) atoms. The molecule has 4 heterocycles. The quantitative estimate of drug-likeness (QED) is 0.277. The molecule has 2 aliphatic rings. The average Bonchev–Trinajstić information content (AvgIpc) is 3.50. The van der Waals surface area contributed by atoms with E-state index in [2.05, 4.69) is 50.0 Å². The number of carbonyl (C=O) groups excluding carboxylic acids is 1. The monoisotopic (exact) mass is 591 g/mol. The van der Waals surface area contributed by atoms with Crippen LogP contribution < -0.4 is 15.0 Å². The van der Waals surface area contributed by atoms with Gasteiger partial charge in [0.2, 0.25) is 5.79 Å². The van der Waals surface area contributed by atoms with Crippen LogP contribution in [0.5, 0.6) is 11.5 Å². The molecule has 0 saturated heterocycles. The Morgan fingerprint density at radius 3 is 2.45 bits per heavy atom. The summed E-state index contributed by atoms with van der Waals surface area (Å²) in [5, 5.41) is 0. The molecule has 2 atom stereocenters. The van der Waals surface area contributed by atoms with Crippen LogP contribution >= 0.6 is 11.3 Å². The van der Waals surface area contributed by atoms with E-state index in [1.807, 2.05) is 38.7 Å². The molecular weight excluding hydrogens is 546 g/mol. The van der Waals surface area contributed by atoms with E-state index >= 15 is 0 Å². The first kappa shape index (κ1) is 30.4. The minimum Gasteiger partial charge on any atom is -0.448 e. The molecule has 226 valence electrons. The highest BCUT2D eigenvalue weighted by atomic mass is 32.1. The van der Waals surface area contributed by atoms with E-state index in [-0.39, 0.29) is 18.0 Å². The normalized spacial score (nSPS) is 18.6. The van der Waals surface area contributed by atoms with Crippen molar-refractivity contribution < 1.29 is 14.3 Å².